The average Bonchev–Trinajstić information content (AvgIpc) is 2.17. The number of ether oxygens (including phenoxy) is 1. The summed E-state index contributed by atoms with van der Waals surface area (Å²) in [6.07, 6.45) is 0. The lowest BCUT2D eigenvalue weighted by Gasteiger charge is -2.21. The molecule has 16 heavy (non-hydrogen) atoms. The first-order valence-corrected chi connectivity index (χ1v) is 5.80. The average molecular weight is 286 g/mol. The minimum Gasteiger partial charge on any atom is -0.445 e. The molecule has 0 saturated heterocycles. The topological polar surface area (TPSA) is 9.23 Å². The predicted molar refractivity (Wildman–Crippen MR) is 66.3 cm³/mol. The fraction of sp³-hybridized carbons (Fsp3) is 0.455. The Morgan fingerprint density at radius 3 is 1.56 bits per heavy atom. The van der Waals surface area contributed by atoms with Gasteiger partial charge in [-0.15, -0.1) is 0 Å². The standard InChI is InChI=1S/C11H12Cl3FO/c1-5-7(3)10(16-11(12,13)14)8(4)6(2)9(5)15/h1-4H3. The van der Waals surface area contributed by atoms with Gasteiger partial charge < -0.3 is 4.74 Å². The van der Waals surface area contributed by atoms with Crippen LogP contribution in [0.1, 0.15) is 22.3 Å². The molecule has 1 rings (SSSR count). The maximum atomic E-state index is 13.7. The molecule has 0 bridgehead atoms. The molecular weight excluding hydrogens is 273 g/mol. The molecule has 0 amide bonds. The zero-order valence-corrected chi connectivity index (χ0v) is 11.7. The number of alkyl halides is 3. The summed E-state index contributed by atoms with van der Waals surface area (Å²) in [5, 5.41) is 0. The van der Waals surface area contributed by atoms with E-state index in [1.54, 1.807) is 27.7 Å². The van der Waals surface area contributed by atoms with Gasteiger partial charge in [0.05, 0.1) is 0 Å². The van der Waals surface area contributed by atoms with Crippen molar-refractivity contribution in [2.24, 2.45) is 0 Å². The zero-order valence-electron chi connectivity index (χ0n) is 9.42. The minimum atomic E-state index is -1.84. The lowest BCUT2D eigenvalue weighted by Crippen LogP contribution is -2.15. The van der Waals surface area contributed by atoms with E-state index in [2.05, 4.69) is 0 Å². The second-order valence-electron chi connectivity index (χ2n) is 3.69. The van der Waals surface area contributed by atoms with Crippen LogP contribution in [-0.2, 0) is 0 Å². The molecular formula is C11H12Cl3FO. The number of hydrogen-bond acceptors (Lipinski definition) is 1. The molecule has 1 aromatic rings. The number of benzene rings is 1. The van der Waals surface area contributed by atoms with Crippen molar-refractivity contribution < 1.29 is 9.13 Å². The largest absolute Gasteiger partial charge is 0.445 e. The quantitative estimate of drug-likeness (QED) is 0.676. The van der Waals surface area contributed by atoms with E-state index in [0.29, 0.717) is 28.0 Å². The molecule has 5 heteroatoms. The molecule has 90 valence electrons. The summed E-state index contributed by atoms with van der Waals surface area (Å²) in [4.78, 5) is 0. The Bertz CT molecular complexity index is 395. The Balaban J connectivity index is 3.40. The summed E-state index contributed by atoms with van der Waals surface area (Å²) in [5.41, 5.74) is 2.30. The Hall–Kier alpha value is -0.180. The van der Waals surface area contributed by atoms with Gasteiger partial charge in [0.1, 0.15) is 11.6 Å². The third-order valence-electron chi connectivity index (χ3n) is 2.68. The van der Waals surface area contributed by atoms with Gasteiger partial charge in [0, 0.05) is 0 Å². The highest BCUT2D eigenvalue weighted by Gasteiger charge is 2.26. The fourth-order valence-corrected chi connectivity index (χ4v) is 1.73. The molecule has 1 nitrogen and oxygen atoms in total. The summed E-state index contributed by atoms with van der Waals surface area (Å²) >= 11 is 16.7. The summed E-state index contributed by atoms with van der Waals surface area (Å²) in [7, 11) is 0. The van der Waals surface area contributed by atoms with Crippen LogP contribution in [0.4, 0.5) is 4.39 Å². The third-order valence-corrected chi connectivity index (χ3v) is 2.91. The van der Waals surface area contributed by atoms with Crippen molar-refractivity contribution in [3.05, 3.63) is 28.1 Å². The highest BCUT2D eigenvalue weighted by Crippen LogP contribution is 2.37. The number of hydrogen-bond donors (Lipinski definition) is 0. The molecule has 1 aromatic carbocycles. The lowest BCUT2D eigenvalue weighted by molar-refractivity contribution is 0.314. The molecule has 0 aliphatic carbocycles. The Morgan fingerprint density at radius 2 is 1.25 bits per heavy atom. The van der Waals surface area contributed by atoms with E-state index < -0.39 is 3.98 Å². The van der Waals surface area contributed by atoms with Crippen LogP contribution in [0, 0.1) is 33.5 Å². The van der Waals surface area contributed by atoms with Crippen LogP contribution >= 0.6 is 34.8 Å². The normalized spacial score (nSPS) is 11.8. The van der Waals surface area contributed by atoms with Crippen molar-refractivity contribution in [2.45, 2.75) is 31.7 Å². The van der Waals surface area contributed by atoms with Gasteiger partial charge in [0.15, 0.2) is 0 Å². The van der Waals surface area contributed by atoms with Crippen molar-refractivity contribution in [3.8, 4) is 5.75 Å². The predicted octanol–water partition coefficient (Wildman–Crippen LogP) is 4.77. The van der Waals surface area contributed by atoms with Crippen LogP contribution in [0.2, 0.25) is 0 Å². The minimum absolute atomic E-state index is 0.244. The van der Waals surface area contributed by atoms with Crippen molar-refractivity contribution in [3.63, 3.8) is 0 Å². The van der Waals surface area contributed by atoms with Gasteiger partial charge in [-0.3, -0.25) is 0 Å². The summed E-state index contributed by atoms with van der Waals surface area (Å²) in [6.45, 7) is 6.80. The van der Waals surface area contributed by atoms with Crippen molar-refractivity contribution >= 4 is 34.8 Å². The van der Waals surface area contributed by atoms with Crippen molar-refractivity contribution in [1.82, 2.24) is 0 Å². The molecule has 0 aromatic heterocycles. The molecule has 0 heterocycles. The van der Waals surface area contributed by atoms with E-state index in [4.69, 9.17) is 39.5 Å². The Morgan fingerprint density at radius 1 is 0.875 bits per heavy atom. The van der Waals surface area contributed by atoms with Gasteiger partial charge in [-0.25, -0.2) is 4.39 Å². The molecule has 0 aliphatic rings. The van der Waals surface area contributed by atoms with E-state index in [1.807, 2.05) is 0 Å². The first-order chi connectivity index (χ1) is 7.15. The van der Waals surface area contributed by atoms with E-state index in [-0.39, 0.29) is 5.82 Å². The smallest absolute Gasteiger partial charge is 0.338 e. The first kappa shape index (κ1) is 13.9. The van der Waals surface area contributed by atoms with E-state index in [0.717, 1.165) is 0 Å². The Labute approximate surface area is 109 Å². The van der Waals surface area contributed by atoms with Gasteiger partial charge in [-0.1, -0.05) is 0 Å². The van der Waals surface area contributed by atoms with Crippen molar-refractivity contribution in [2.75, 3.05) is 0 Å². The van der Waals surface area contributed by atoms with Gasteiger partial charge in [-0.05, 0) is 84.8 Å². The molecule has 0 saturated carbocycles. The SMILES string of the molecule is Cc1c(C)c(OC(Cl)(Cl)Cl)c(C)c(C)c1F. The molecule has 0 radical (unpaired) electrons. The maximum Gasteiger partial charge on any atom is 0.338 e. The van der Waals surface area contributed by atoms with Gasteiger partial charge >= 0.3 is 3.98 Å². The van der Waals surface area contributed by atoms with E-state index >= 15 is 0 Å². The molecule has 0 N–H and O–H groups in total. The Kier molecular flexibility index (Phi) is 3.99. The monoisotopic (exact) mass is 284 g/mol. The summed E-state index contributed by atoms with van der Waals surface area (Å²) in [6, 6.07) is 0. The van der Waals surface area contributed by atoms with Crippen LogP contribution in [0.25, 0.3) is 0 Å². The summed E-state index contributed by atoms with van der Waals surface area (Å²) in [5.74, 6) is 0.183. The van der Waals surface area contributed by atoms with Crippen LogP contribution in [0.15, 0.2) is 0 Å². The van der Waals surface area contributed by atoms with Gasteiger partial charge in [0.25, 0.3) is 0 Å². The molecule has 0 aliphatic heterocycles. The fourth-order valence-electron chi connectivity index (χ4n) is 1.50. The highest BCUT2D eigenvalue weighted by atomic mass is 35.6. The number of halogens is 4. The molecule has 0 spiro atoms. The van der Waals surface area contributed by atoms with E-state index in [9.17, 15) is 4.39 Å². The van der Waals surface area contributed by atoms with Crippen LogP contribution in [0.5, 0.6) is 5.75 Å². The van der Waals surface area contributed by atoms with E-state index in [1.165, 1.54) is 0 Å². The van der Waals surface area contributed by atoms with Crippen LogP contribution in [-0.4, -0.2) is 3.98 Å². The molecule has 0 atom stereocenters. The van der Waals surface area contributed by atoms with Crippen LogP contribution in [0.3, 0.4) is 0 Å². The van der Waals surface area contributed by atoms with Crippen LogP contribution < -0.4 is 4.74 Å². The van der Waals surface area contributed by atoms with Gasteiger partial charge in [-0.2, -0.15) is 0 Å². The highest BCUT2D eigenvalue weighted by molar-refractivity contribution is 6.66. The first-order valence-electron chi connectivity index (χ1n) is 4.66. The van der Waals surface area contributed by atoms with Crippen molar-refractivity contribution in [1.29, 1.82) is 0 Å². The molecule has 0 fully saturated rings. The zero-order chi connectivity index (χ0) is 12.7. The third kappa shape index (κ3) is 2.73. The lowest BCUT2D eigenvalue weighted by atomic mass is 9.99. The summed E-state index contributed by atoms with van der Waals surface area (Å²) < 4.78 is 17.1. The van der Waals surface area contributed by atoms with Gasteiger partial charge in [0.2, 0.25) is 0 Å². The maximum absolute atomic E-state index is 13.7. The number of rotatable bonds is 1. The molecule has 0 unspecified atom stereocenters. The second kappa shape index (κ2) is 4.59. The second-order valence-corrected chi connectivity index (χ2v) is 5.87.